The van der Waals surface area contributed by atoms with Gasteiger partial charge in [-0.25, -0.2) is 0 Å². The Hall–Kier alpha value is -0.233. The zero-order valence-corrected chi connectivity index (χ0v) is 14.3. The van der Waals surface area contributed by atoms with Crippen molar-refractivity contribution >= 4 is 15.0 Å². The summed E-state index contributed by atoms with van der Waals surface area (Å²) in [5.74, 6) is 0. The molecule has 1 unspecified atom stereocenters. The van der Waals surface area contributed by atoms with E-state index >= 15 is 0 Å². The molecular weight excluding hydrogens is 258 g/mol. The fourth-order valence-corrected chi connectivity index (χ4v) is 4.25. The lowest BCUT2D eigenvalue weighted by atomic mass is 10.1. The number of hydrogen-bond donors (Lipinski definition) is 0. The van der Waals surface area contributed by atoms with Gasteiger partial charge >= 0.3 is 8.80 Å². The summed E-state index contributed by atoms with van der Waals surface area (Å²) >= 11 is 0. The van der Waals surface area contributed by atoms with Crippen LogP contribution in [0, 0.1) is 0 Å². The van der Waals surface area contributed by atoms with Crippen molar-refractivity contribution in [3.05, 3.63) is 0 Å². The Labute approximate surface area is 119 Å². The van der Waals surface area contributed by atoms with Crippen molar-refractivity contribution in [2.75, 3.05) is 21.3 Å². The maximum Gasteiger partial charge on any atom is 0.526 e. The van der Waals surface area contributed by atoms with Gasteiger partial charge in [-0.2, -0.15) is 0 Å². The van der Waals surface area contributed by atoms with Gasteiger partial charge in [-0.15, -0.1) is 0 Å². The van der Waals surface area contributed by atoms with Crippen LogP contribution in [0.4, 0.5) is 0 Å². The Kier molecular flexibility index (Phi) is 11.4. The van der Waals surface area contributed by atoms with Crippen molar-refractivity contribution < 1.29 is 13.3 Å². The normalized spacial score (nSPS) is 14.2. The van der Waals surface area contributed by atoms with Crippen molar-refractivity contribution in [2.45, 2.75) is 64.5 Å². The van der Waals surface area contributed by atoms with Crippen LogP contribution in [0.15, 0.2) is 4.99 Å². The number of nitrogens with zero attached hydrogens (tertiary/aromatic N) is 1. The minimum Gasteiger partial charge on any atom is -0.376 e. The van der Waals surface area contributed by atoms with E-state index in [0.29, 0.717) is 0 Å². The molecule has 0 saturated carbocycles. The minimum atomic E-state index is -2.63. The first-order chi connectivity index (χ1) is 9.20. The van der Waals surface area contributed by atoms with Gasteiger partial charge in [0, 0.05) is 21.3 Å². The zero-order chi connectivity index (χ0) is 14.6. The second-order valence-corrected chi connectivity index (χ2v) is 7.77. The molecule has 5 heteroatoms. The van der Waals surface area contributed by atoms with Crippen molar-refractivity contribution in [3.63, 3.8) is 0 Å². The molecule has 0 aliphatic heterocycles. The summed E-state index contributed by atoms with van der Waals surface area (Å²) in [5.41, 5.74) is 0.00291. The van der Waals surface area contributed by atoms with E-state index in [1.54, 1.807) is 21.3 Å². The lowest BCUT2D eigenvalue weighted by Crippen LogP contribution is -2.53. The van der Waals surface area contributed by atoms with Gasteiger partial charge in [0.25, 0.3) is 0 Å². The van der Waals surface area contributed by atoms with E-state index < -0.39 is 8.80 Å². The molecule has 0 radical (unpaired) electrons. The average Bonchev–Trinajstić information content (AvgIpc) is 2.46. The molecule has 0 aliphatic carbocycles. The molecule has 4 nitrogen and oxygen atoms in total. The molecule has 0 aromatic carbocycles. The van der Waals surface area contributed by atoms with Gasteiger partial charge in [0.1, 0.15) is 5.67 Å². The summed E-state index contributed by atoms with van der Waals surface area (Å²) in [7, 11) is 2.30. The smallest absolute Gasteiger partial charge is 0.376 e. The van der Waals surface area contributed by atoms with E-state index in [0.717, 1.165) is 12.8 Å². The summed E-state index contributed by atoms with van der Waals surface area (Å²) in [6.07, 6.45) is 10.4. The van der Waals surface area contributed by atoms with Gasteiger partial charge in [0.2, 0.25) is 0 Å². The molecule has 0 rings (SSSR count). The SMILES string of the molecule is CCCCCCCC=NC(CC)[Si](OC)(OC)OC. The predicted molar refractivity (Wildman–Crippen MR) is 82.7 cm³/mol. The van der Waals surface area contributed by atoms with E-state index in [9.17, 15) is 0 Å². The predicted octanol–water partition coefficient (Wildman–Crippen LogP) is 3.61. The first kappa shape index (κ1) is 18.8. The molecule has 114 valence electrons. The lowest BCUT2D eigenvalue weighted by Gasteiger charge is -2.29. The number of hydrogen-bond acceptors (Lipinski definition) is 4. The first-order valence-electron chi connectivity index (χ1n) is 7.37. The maximum absolute atomic E-state index is 5.48. The highest BCUT2D eigenvalue weighted by molar-refractivity contribution is 6.62. The van der Waals surface area contributed by atoms with Crippen LogP contribution in [0.25, 0.3) is 0 Å². The third-order valence-corrected chi connectivity index (χ3v) is 6.45. The fourth-order valence-electron chi connectivity index (χ4n) is 2.15. The largest absolute Gasteiger partial charge is 0.526 e. The minimum absolute atomic E-state index is 0.00291. The zero-order valence-electron chi connectivity index (χ0n) is 13.3. The Bertz CT molecular complexity index is 224. The fraction of sp³-hybridized carbons (Fsp3) is 0.929. The monoisotopic (exact) mass is 289 g/mol. The third kappa shape index (κ3) is 6.65. The van der Waals surface area contributed by atoms with Crippen LogP contribution in [0.1, 0.15) is 58.8 Å². The number of aliphatic imine (C=N–C) groups is 1. The van der Waals surface area contributed by atoms with Gasteiger partial charge in [-0.3, -0.25) is 4.99 Å². The van der Waals surface area contributed by atoms with Crippen LogP contribution in [0.3, 0.4) is 0 Å². The van der Waals surface area contributed by atoms with Gasteiger partial charge in [-0.1, -0.05) is 39.5 Å². The lowest BCUT2D eigenvalue weighted by molar-refractivity contribution is 0.112. The van der Waals surface area contributed by atoms with Gasteiger partial charge < -0.3 is 13.3 Å². The summed E-state index contributed by atoms with van der Waals surface area (Å²) < 4.78 is 16.4. The molecule has 1 atom stereocenters. The van der Waals surface area contributed by atoms with E-state index in [1.807, 2.05) is 6.21 Å². The van der Waals surface area contributed by atoms with Crippen molar-refractivity contribution in [1.82, 2.24) is 0 Å². The highest BCUT2D eigenvalue weighted by Gasteiger charge is 2.46. The Morgan fingerprint density at radius 3 is 2.00 bits per heavy atom. The molecule has 0 aliphatic rings. The van der Waals surface area contributed by atoms with Crippen LogP contribution in [-0.4, -0.2) is 42.0 Å². The third-order valence-electron chi connectivity index (χ3n) is 3.37. The molecule has 0 heterocycles. The number of unbranched alkanes of at least 4 members (excludes halogenated alkanes) is 5. The molecule has 0 spiro atoms. The van der Waals surface area contributed by atoms with E-state index in [1.165, 1.54) is 32.1 Å². The Morgan fingerprint density at radius 2 is 1.53 bits per heavy atom. The summed E-state index contributed by atoms with van der Waals surface area (Å²) in [6, 6.07) is 0. The summed E-state index contributed by atoms with van der Waals surface area (Å²) in [6.45, 7) is 4.32. The van der Waals surface area contributed by atoms with E-state index in [2.05, 4.69) is 18.8 Å². The van der Waals surface area contributed by atoms with Gasteiger partial charge in [-0.05, 0) is 25.5 Å². The quantitative estimate of drug-likeness (QED) is 0.313. The van der Waals surface area contributed by atoms with Crippen molar-refractivity contribution in [3.8, 4) is 0 Å². The summed E-state index contributed by atoms with van der Waals surface area (Å²) in [5, 5.41) is 0. The highest BCUT2D eigenvalue weighted by atomic mass is 28.4. The molecule has 0 saturated heterocycles. The van der Waals surface area contributed by atoms with Gasteiger partial charge in [0.05, 0.1) is 0 Å². The topological polar surface area (TPSA) is 40.0 Å². The second-order valence-electron chi connectivity index (χ2n) is 4.67. The Balaban J connectivity index is 4.16. The average molecular weight is 289 g/mol. The molecule has 0 aromatic rings. The van der Waals surface area contributed by atoms with E-state index in [4.69, 9.17) is 13.3 Å². The van der Waals surface area contributed by atoms with Crippen LogP contribution in [0.2, 0.25) is 0 Å². The summed E-state index contributed by atoms with van der Waals surface area (Å²) in [4.78, 5) is 4.61. The van der Waals surface area contributed by atoms with Crippen LogP contribution < -0.4 is 0 Å². The highest BCUT2D eigenvalue weighted by Crippen LogP contribution is 2.18. The molecule has 0 fully saturated rings. The second kappa shape index (κ2) is 11.6. The molecule has 0 bridgehead atoms. The van der Waals surface area contributed by atoms with E-state index in [-0.39, 0.29) is 5.67 Å². The van der Waals surface area contributed by atoms with Crippen LogP contribution >= 0.6 is 0 Å². The van der Waals surface area contributed by atoms with Crippen LogP contribution in [0.5, 0.6) is 0 Å². The molecule has 0 aromatic heterocycles. The standard InChI is InChI=1S/C14H31NO3Si/c1-6-8-9-10-11-12-13-15-14(7-2)19(16-3,17-4)18-5/h13-14H,6-12H2,1-5H3. The van der Waals surface area contributed by atoms with Crippen molar-refractivity contribution in [1.29, 1.82) is 0 Å². The van der Waals surface area contributed by atoms with Gasteiger partial charge in [0.15, 0.2) is 0 Å². The first-order valence-corrected chi connectivity index (χ1v) is 9.17. The maximum atomic E-state index is 5.48. The molecule has 0 N–H and O–H groups in total. The molecule has 19 heavy (non-hydrogen) atoms. The van der Waals surface area contributed by atoms with Crippen LogP contribution in [-0.2, 0) is 13.3 Å². The van der Waals surface area contributed by atoms with Crippen molar-refractivity contribution in [2.24, 2.45) is 4.99 Å². The molecular formula is C14H31NO3Si. The Morgan fingerprint density at radius 1 is 0.947 bits per heavy atom. The molecule has 0 amide bonds. The number of rotatable bonds is 12.